The van der Waals surface area contributed by atoms with Crippen molar-refractivity contribution in [1.29, 1.82) is 0 Å². The predicted octanol–water partition coefficient (Wildman–Crippen LogP) is 2.24. The van der Waals surface area contributed by atoms with Crippen LogP contribution in [0.25, 0.3) is 0 Å². The van der Waals surface area contributed by atoms with E-state index >= 15 is 0 Å². The number of urea groups is 1. The molecule has 114 valence electrons. The molecule has 1 aromatic heterocycles. The fourth-order valence-electron chi connectivity index (χ4n) is 2.74. The van der Waals surface area contributed by atoms with Crippen molar-refractivity contribution < 1.29 is 9.53 Å². The largest absolute Gasteiger partial charge is 0.380 e. The molecule has 2 fully saturated rings. The molecule has 6 nitrogen and oxygen atoms in total. The highest BCUT2D eigenvalue weighted by atomic mass is 16.5. The van der Waals surface area contributed by atoms with Gasteiger partial charge in [-0.05, 0) is 18.9 Å². The van der Waals surface area contributed by atoms with Crippen LogP contribution < -0.4 is 5.32 Å². The summed E-state index contributed by atoms with van der Waals surface area (Å²) in [6, 6.07) is 1.77. The van der Waals surface area contributed by atoms with E-state index < -0.39 is 0 Å². The van der Waals surface area contributed by atoms with E-state index in [9.17, 15) is 4.79 Å². The molecular weight excluding hydrogens is 268 g/mol. The zero-order valence-electron chi connectivity index (χ0n) is 12.6. The number of aromatic nitrogens is 2. The van der Waals surface area contributed by atoms with Crippen LogP contribution in [0.5, 0.6) is 0 Å². The molecule has 0 aromatic carbocycles. The molecule has 0 unspecified atom stereocenters. The summed E-state index contributed by atoms with van der Waals surface area (Å²) in [5, 5.41) is 2.78. The van der Waals surface area contributed by atoms with E-state index in [4.69, 9.17) is 4.74 Å². The monoisotopic (exact) mass is 290 g/mol. The van der Waals surface area contributed by atoms with Gasteiger partial charge in [0.15, 0.2) is 0 Å². The summed E-state index contributed by atoms with van der Waals surface area (Å²) in [4.78, 5) is 22.4. The molecule has 0 radical (unpaired) electrons. The normalized spacial score (nSPS) is 20.3. The molecule has 21 heavy (non-hydrogen) atoms. The van der Waals surface area contributed by atoms with E-state index in [1.807, 2.05) is 6.07 Å². The number of nitrogens with zero attached hydrogens (tertiary/aromatic N) is 3. The zero-order valence-corrected chi connectivity index (χ0v) is 12.6. The van der Waals surface area contributed by atoms with Crippen LogP contribution in [0.2, 0.25) is 0 Å². The van der Waals surface area contributed by atoms with Crippen LogP contribution in [0.1, 0.15) is 37.8 Å². The van der Waals surface area contributed by atoms with Gasteiger partial charge in [0.05, 0.1) is 13.2 Å². The van der Waals surface area contributed by atoms with Crippen LogP contribution in [0, 0.1) is 5.41 Å². The Morgan fingerprint density at radius 3 is 2.86 bits per heavy atom. The Morgan fingerprint density at radius 1 is 1.52 bits per heavy atom. The second-order valence-corrected chi connectivity index (χ2v) is 6.52. The van der Waals surface area contributed by atoms with Gasteiger partial charge in [0, 0.05) is 36.8 Å². The van der Waals surface area contributed by atoms with Crippen molar-refractivity contribution in [2.45, 2.75) is 32.1 Å². The third-order valence-electron chi connectivity index (χ3n) is 4.29. The van der Waals surface area contributed by atoms with E-state index in [1.54, 1.807) is 18.1 Å². The predicted molar refractivity (Wildman–Crippen MR) is 79.2 cm³/mol. The maximum absolute atomic E-state index is 12.2. The van der Waals surface area contributed by atoms with Gasteiger partial charge in [-0.2, -0.15) is 0 Å². The number of nitrogens with one attached hydrogen (secondary N) is 1. The lowest BCUT2D eigenvalue weighted by Crippen LogP contribution is -2.50. The molecule has 0 atom stereocenters. The number of carbonyl (C=O) groups excluding carboxylic acids is 1. The lowest BCUT2D eigenvalue weighted by molar-refractivity contribution is -0.108. The molecular formula is C15H22N4O2. The third-order valence-corrected chi connectivity index (χ3v) is 4.29. The summed E-state index contributed by atoms with van der Waals surface area (Å²) in [6.45, 7) is 4.20. The SMILES string of the molecule is CN(CC1(C)COC1)C(=O)Nc1nccc(C2CCC2)n1. The summed E-state index contributed by atoms with van der Waals surface area (Å²) in [6.07, 6.45) is 5.35. The number of carbonyl (C=O) groups is 1. The standard InChI is InChI=1S/C15H22N4O2/c1-15(9-21-10-15)8-19(2)14(20)18-13-16-7-6-12(17-13)11-4-3-5-11/h6-7,11H,3-5,8-10H2,1-2H3,(H,16,17,18,20). The van der Waals surface area contributed by atoms with E-state index in [2.05, 4.69) is 22.2 Å². The average molecular weight is 290 g/mol. The molecule has 2 heterocycles. The van der Waals surface area contributed by atoms with Gasteiger partial charge in [0.25, 0.3) is 0 Å². The molecule has 1 saturated heterocycles. The lowest BCUT2D eigenvalue weighted by Gasteiger charge is -2.40. The first-order chi connectivity index (χ1) is 10.1. The quantitative estimate of drug-likeness (QED) is 0.923. The Morgan fingerprint density at radius 2 is 2.29 bits per heavy atom. The number of anilines is 1. The molecule has 1 aliphatic heterocycles. The van der Waals surface area contributed by atoms with Crippen molar-refractivity contribution in [3.8, 4) is 0 Å². The van der Waals surface area contributed by atoms with Gasteiger partial charge in [-0.3, -0.25) is 5.32 Å². The van der Waals surface area contributed by atoms with Crippen LogP contribution in [-0.2, 0) is 4.74 Å². The van der Waals surface area contributed by atoms with Crippen LogP contribution in [0.3, 0.4) is 0 Å². The van der Waals surface area contributed by atoms with Crippen molar-refractivity contribution in [2.24, 2.45) is 5.41 Å². The third kappa shape index (κ3) is 3.15. The second-order valence-electron chi connectivity index (χ2n) is 6.52. The van der Waals surface area contributed by atoms with Crippen LogP contribution in [0.15, 0.2) is 12.3 Å². The first kappa shape index (κ1) is 14.3. The number of ether oxygens (including phenoxy) is 1. The number of rotatable bonds is 4. The minimum Gasteiger partial charge on any atom is -0.380 e. The van der Waals surface area contributed by atoms with Crippen molar-refractivity contribution in [3.05, 3.63) is 18.0 Å². The van der Waals surface area contributed by atoms with Crippen LogP contribution >= 0.6 is 0 Å². The Labute approximate surface area is 124 Å². The summed E-state index contributed by atoms with van der Waals surface area (Å²) in [7, 11) is 1.79. The van der Waals surface area contributed by atoms with Crippen molar-refractivity contribution in [2.75, 3.05) is 32.1 Å². The number of hydrogen-bond acceptors (Lipinski definition) is 4. The van der Waals surface area contributed by atoms with Crippen molar-refractivity contribution >= 4 is 12.0 Å². The minimum absolute atomic E-state index is 0.0702. The van der Waals surface area contributed by atoms with Crippen molar-refractivity contribution in [3.63, 3.8) is 0 Å². The highest BCUT2D eigenvalue weighted by Gasteiger charge is 2.35. The fourth-order valence-corrected chi connectivity index (χ4v) is 2.74. The van der Waals surface area contributed by atoms with Gasteiger partial charge in [-0.25, -0.2) is 14.8 Å². The minimum atomic E-state index is -0.172. The van der Waals surface area contributed by atoms with Gasteiger partial charge in [0.2, 0.25) is 5.95 Å². The summed E-state index contributed by atoms with van der Waals surface area (Å²) in [5.41, 5.74) is 1.11. The highest BCUT2D eigenvalue weighted by Crippen LogP contribution is 2.35. The number of hydrogen-bond donors (Lipinski definition) is 1. The van der Waals surface area contributed by atoms with E-state index in [1.165, 1.54) is 19.3 Å². The summed E-state index contributed by atoms with van der Waals surface area (Å²) >= 11 is 0. The lowest BCUT2D eigenvalue weighted by atomic mass is 9.83. The van der Waals surface area contributed by atoms with E-state index in [0.29, 0.717) is 31.6 Å². The molecule has 0 spiro atoms. The molecule has 6 heteroatoms. The fraction of sp³-hybridized carbons (Fsp3) is 0.667. The zero-order chi connectivity index (χ0) is 14.9. The smallest absolute Gasteiger partial charge is 0.323 e. The first-order valence-corrected chi connectivity index (χ1v) is 7.49. The van der Waals surface area contributed by atoms with Gasteiger partial charge in [-0.15, -0.1) is 0 Å². The Bertz CT molecular complexity index is 526. The summed E-state index contributed by atoms with van der Waals surface area (Å²) in [5.74, 6) is 0.929. The summed E-state index contributed by atoms with van der Waals surface area (Å²) < 4.78 is 5.21. The molecule has 1 N–H and O–H groups in total. The van der Waals surface area contributed by atoms with Gasteiger partial charge in [-0.1, -0.05) is 13.3 Å². The number of amides is 2. The Balaban J connectivity index is 1.58. The van der Waals surface area contributed by atoms with E-state index in [0.717, 1.165) is 5.69 Å². The Kier molecular flexibility index (Phi) is 3.80. The van der Waals surface area contributed by atoms with Gasteiger partial charge < -0.3 is 9.64 Å². The topological polar surface area (TPSA) is 67.3 Å². The molecule has 0 bridgehead atoms. The van der Waals surface area contributed by atoms with Crippen molar-refractivity contribution in [1.82, 2.24) is 14.9 Å². The Hall–Kier alpha value is -1.69. The maximum atomic E-state index is 12.2. The molecule has 1 aromatic rings. The maximum Gasteiger partial charge on any atom is 0.323 e. The first-order valence-electron chi connectivity index (χ1n) is 7.49. The average Bonchev–Trinajstić information content (AvgIpc) is 2.35. The van der Waals surface area contributed by atoms with Crippen LogP contribution in [-0.4, -0.2) is 47.7 Å². The molecule has 1 saturated carbocycles. The van der Waals surface area contributed by atoms with Crippen LogP contribution in [0.4, 0.5) is 10.7 Å². The highest BCUT2D eigenvalue weighted by molar-refractivity contribution is 5.87. The van der Waals surface area contributed by atoms with E-state index in [-0.39, 0.29) is 11.4 Å². The molecule has 2 aliphatic rings. The second kappa shape index (κ2) is 5.60. The van der Waals surface area contributed by atoms with Gasteiger partial charge >= 0.3 is 6.03 Å². The molecule has 3 rings (SSSR count). The molecule has 1 aliphatic carbocycles. The van der Waals surface area contributed by atoms with Gasteiger partial charge in [0.1, 0.15) is 0 Å². The molecule has 2 amide bonds.